The molecule has 3 aliphatic rings. The average Bonchev–Trinajstić information content (AvgIpc) is 2.85. The summed E-state index contributed by atoms with van der Waals surface area (Å²) in [4.78, 5) is 5.48. The third-order valence-electron chi connectivity index (χ3n) is 5.99. The number of thioether (sulfide) groups is 1. The van der Waals surface area contributed by atoms with Crippen molar-refractivity contribution in [3.05, 3.63) is 0 Å². The van der Waals surface area contributed by atoms with Gasteiger partial charge in [0.2, 0.25) is 0 Å². The number of hydrogen-bond acceptors (Lipinski definition) is 4. The topological polar surface area (TPSA) is 18.5 Å². The zero-order chi connectivity index (χ0) is 15.9. The SMILES string of the molecule is CC(CN1CCCCCC1)NC1CCN(C2CCSCC2)CC1. The third-order valence-corrected chi connectivity index (χ3v) is 7.04. The van der Waals surface area contributed by atoms with Gasteiger partial charge in [0.1, 0.15) is 0 Å². The molecule has 3 heterocycles. The minimum Gasteiger partial charge on any atom is -0.310 e. The largest absolute Gasteiger partial charge is 0.310 e. The predicted molar refractivity (Wildman–Crippen MR) is 102 cm³/mol. The average molecular weight is 340 g/mol. The standard InChI is InChI=1S/C19H37N3S/c1-17(16-21-10-4-2-3-5-11-21)20-18-6-12-22(13-7-18)19-8-14-23-15-9-19/h17-20H,2-16H2,1H3. The van der Waals surface area contributed by atoms with Crippen molar-refractivity contribution in [1.82, 2.24) is 15.1 Å². The molecule has 4 heteroatoms. The fraction of sp³-hybridized carbons (Fsp3) is 1.00. The van der Waals surface area contributed by atoms with Crippen LogP contribution >= 0.6 is 11.8 Å². The van der Waals surface area contributed by atoms with Crippen LogP contribution in [0.1, 0.15) is 58.3 Å². The van der Waals surface area contributed by atoms with Gasteiger partial charge in [-0.05, 0) is 83.1 Å². The summed E-state index contributed by atoms with van der Waals surface area (Å²) in [6.07, 6.45) is 11.3. The zero-order valence-corrected chi connectivity index (χ0v) is 16.0. The van der Waals surface area contributed by atoms with E-state index in [1.165, 1.54) is 95.6 Å². The van der Waals surface area contributed by atoms with Crippen molar-refractivity contribution in [2.45, 2.75) is 76.4 Å². The van der Waals surface area contributed by atoms with Crippen molar-refractivity contribution in [2.24, 2.45) is 0 Å². The van der Waals surface area contributed by atoms with Gasteiger partial charge in [-0.15, -0.1) is 0 Å². The first-order chi connectivity index (χ1) is 11.3. The van der Waals surface area contributed by atoms with E-state index in [4.69, 9.17) is 0 Å². The minimum atomic E-state index is 0.649. The van der Waals surface area contributed by atoms with Gasteiger partial charge in [-0.3, -0.25) is 0 Å². The molecular formula is C19H37N3S. The quantitative estimate of drug-likeness (QED) is 0.829. The van der Waals surface area contributed by atoms with Crippen molar-refractivity contribution >= 4 is 11.8 Å². The van der Waals surface area contributed by atoms with E-state index in [2.05, 4.69) is 33.8 Å². The maximum Gasteiger partial charge on any atom is 0.0169 e. The van der Waals surface area contributed by atoms with Crippen molar-refractivity contribution in [3.63, 3.8) is 0 Å². The van der Waals surface area contributed by atoms with E-state index in [1.54, 1.807) is 0 Å². The predicted octanol–water partition coefficient (Wildman–Crippen LogP) is 3.20. The second-order valence-corrected chi connectivity index (χ2v) is 9.16. The van der Waals surface area contributed by atoms with Crippen LogP contribution in [0.2, 0.25) is 0 Å². The van der Waals surface area contributed by atoms with Gasteiger partial charge in [0.15, 0.2) is 0 Å². The lowest BCUT2D eigenvalue weighted by Crippen LogP contribution is -2.51. The molecule has 3 fully saturated rings. The molecule has 0 aromatic rings. The molecule has 0 aliphatic carbocycles. The highest BCUT2D eigenvalue weighted by Crippen LogP contribution is 2.24. The second-order valence-electron chi connectivity index (χ2n) is 7.94. The highest BCUT2D eigenvalue weighted by Gasteiger charge is 2.27. The number of likely N-dealkylation sites (tertiary alicyclic amines) is 2. The van der Waals surface area contributed by atoms with E-state index >= 15 is 0 Å². The smallest absolute Gasteiger partial charge is 0.0169 e. The lowest BCUT2D eigenvalue weighted by atomic mass is 10.00. The van der Waals surface area contributed by atoms with Crippen molar-refractivity contribution in [2.75, 3.05) is 44.2 Å². The summed E-state index contributed by atoms with van der Waals surface area (Å²) in [5.41, 5.74) is 0. The minimum absolute atomic E-state index is 0.649. The second kappa shape index (κ2) is 9.65. The molecule has 1 unspecified atom stereocenters. The molecule has 23 heavy (non-hydrogen) atoms. The Morgan fingerprint density at radius 1 is 0.913 bits per heavy atom. The van der Waals surface area contributed by atoms with E-state index in [0.29, 0.717) is 6.04 Å². The van der Waals surface area contributed by atoms with Crippen LogP contribution in [-0.4, -0.2) is 72.2 Å². The number of rotatable bonds is 5. The molecule has 3 nitrogen and oxygen atoms in total. The van der Waals surface area contributed by atoms with Gasteiger partial charge in [-0.1, -0.05) is 12.8 Å². The van der Waals surface area contributed by atoms with Crippen molar-refractivity contribution in [1.29, 1.82) is 0 Å². The molecule has 0 aromatic heterocycles. The molecule has 3 aliphatic heterocycles. The zero-order valence-electron chi connectivity index (χ0n) is 15.1. The Labute approximate surface area is 147 Å². The molecule has 0 bridgehead atoms. The Kier molecular flexibility index (Phi) is 7.56. The Bertz CT molecular complexity index is 317. The molecule has 0 aromatic carbocycles. The van der Waals surface area contributed by atoms with Crippen LogP contribution in [0, 0.1) is 0 Å². The lowest BCUT2D eigenvalue weighted by Gasteiger charge is -2.40. The van der Waals surface area contributed by atoms with Gasteiger partial charge in [-0.2, -0.15) is 11.8 Å². The summed E-state index contributed by atoms with van der Waals surface area (Å²) >= 11 is 2.15. The first kappa shape index (κ1) is 18.0. The molecule has 0 amide bonds. The monoisotopic (exact) mass is 339 g/mol. The first-order valence-electron chi connectivity index (χ1n) is 10.1. The molecule has 3 rings (SSSR count). The Morgan fingerprint density at radius 3 is 2.22 bits per heavy atom. The van der Waals surface area contributed by atoms with Gasteiger partial charge in [-0.25, -0.2) is 0 Å². The van der Waals surface area contributed by atoms with Gasteiger partial charge >= 0.3 is 0 Å². The molecule has 0 radical (unpaired) electrons. The van der Waals surface area contributed by atoms with E-state index in [1.807, 2.05) is 0 Å². The Hall–Kier alpha value is 0.230. The molecule has 0 saturated carbocycles. The number of nitrogens with zero attached hydrogens (tertiary/aromatic N) is 2. The van der Waals surface area contributed by atoms with Crippen LogP contribution < -0.4 is 5.32 Å². The van der Waals surface area contributed by atoms with Gasteiger partial charge in [0, 0.05) is 24.7 Å². The summed E-state index contributed by atoms with van der Waals surface area (Å²) in [7, 11) is 0. The first-order valence-corrected chi connectivity index (χ1v) is 11.3. The maximum atomic E-state index is 3.94. The van der Waals surface area contributed by atoms with Gasteiger partial charge in [0.25, 0.3) is 0 Å². The highest BCUT2D eigenvalue weighted by atomic mass is 32.2. The van der Waals surface area contributed by atoms with Crippen LogP contribution in [0.15, 0.2) is 0 Å². The molecule has 1 atom stereocenters. The summed E-state index contributed by atoms with van der Waals surface area (Å²) in [6, 6.07) is 2.30. The number of hydrogen-bond donors (Lipinski definition) is 1. The summed E-state index contributed by atoms with van der Waals surface area (Å²) in [5.74, 6) is 2.77. The summed E-state index contributed by atoms with van der Waals surface area (Å²) in [5, 5.41) is 3.94. The summed E-state index contributed by atoms with van der Waals surface area (Å²) in [6.45, 7) is 8.94. The normalized spacial score (nSPS) is 28.6. The molecular weight excluding hydrogens is 302 g/mol. The van der Waals surface area contributed by atoms with Crippen LogP contribution in [0.4, 0.5) is 0 Å². The fourth-order valence-electron chi connectivity index (χ4n) is 4.64. The van der Waals surface area contributed by atoms with Crippen LogP contribution in [-0.2, 0) is 0 Å². The van der Waals surface area contributed by atoms with Crippen molar-refractivity contribution in [3.8, 4) is 0 Å². The van der Waals surface area contributed by atoms with Crippen molar-refractivity contribution < 1.29 is 0 Å². The third kappa shape index (κ3) is 5.91. The molecule has 1 N–H and O–H groups in total. The van der Waals surface area contributed by atoms with Gasteiger partial charge in [0.05, 0.1) is 0 Å². The number of nitrogens with one attached hydrogen (secondary N) is 1. The molecule has 0 spiro atoms. The van der Waals surface area contributed by atoms with E-state index in [-0.39, 0.29) is 0 Å². The Balaban J connectivity index is 1.34. The summed E-state index contributed by atoms with van der Waals surface area (Å²) < 4.78 is 0. The molecule has 134 valence electrons. The van der Waals surface area contributed by atoms with Crippen LogP contribution in [0.3, 0.4) is 0 Å². The molecule has 3 saturated heterocycles. The number of piperidine rings is 1. The van der Waals surface area contributed by atoms with Crippen LogP contribution in [0.5, 0.6) is 0 Å². The fourth-order valence-corrected chi connectivity index (χ4v) is 5.72. The lowest BCUT2D eigenvalue weighted by molar-refractivity contribution is 0.129. The maximum absolute atomic E-state index is 3.94. The van der Waals surface area contributed by atoms with E-state index in [0.717, 1.165) is 12.1 Å². The van der Waals surface area contributed by atoms with Crippen LogP contribution in [0.25, 0.3) is 0 Å². The van der Waals surface area contributed by atoms with E-state index < -0.39 is 0 Å². The Morgan fingerprint density at radius 2 is 1.57 bits per heavy atom. The van der Waals surface area contributed by atoms with Gasteiger partial charge < -0.3 is 15.1 Å². The van der Waals surface area contributed by atoms with E-state index in [9.17, 15) is 0 Å². The highest BCUT2D eigenvalue weighted by molar-refractivity contribution is 7.99.